The average molecular weight is 434 g/mol. The molecule has 0 fully saturated rings. The summed E-state index contributed by atoms with van der Waals surface area (Å²) >= 11 is 0. The Kier molecular flexibility index (Phi) is 7.38. The highest BCUT2D eigenvalue weighted by molar-refractivity contribution is 5.96. The molecule has 8 heteroatoms. The number of anilines is 1. The number of likely N-dealkylation sites (N-methyl/N-ethyl adjacent to an activating group) is 1. The molecule has 0 bridgehead atoms. The van der Waals surface area contributed by atoms with Crippen molar-refractivity contribution in [1.82, 2.24) is 14.7 Å². The lowest BCUT2D eigenvalue weighted by atomic mass is 10.1. The van der Waals surface area contributed by atoms with Crippen LogP contribution in [0.5, 0.6) is 0 Å². The number of hydrogen-bond donors (Lipinski definition) is 1. The van der Waals surface area contributed by atoms with Crippen molar-refractivity contribution in [1.29, 1.82) is 0 Å². The van der Waals surface area contributed by atoms with Gasteiger partial charge in [0.15, 0.2) is 6.61 Å². The minimum absolute atomic E-state index is 0.00310. The van der Waals surface area contributed by atoms with Crippen LogP contribution in [0.3, 0.4) is 0 Å². The largest absolute Gasteiger partial charge is 0.455 e. The summed E-state index contributed by atoms with van der Waals surface area (Å²) in [6.45, 7) is 3.23. The van der Waals surface area contributed by atoms with E-state index in [1.54, 1.807) is 17.1 Å². The zero-order valence-electron chi connectivity index (χ0n) is 18.4. The van der Waals surface area contributed by atoms with Gasteiger partial charge in [-0.2, -0.15) is 5.10 Å². The molecule has 0 radical (unpaired) electrons. The van der Waals surface area contributed by atoms with Crippen LogP contribution in [0.4, 0.5) is 5.69 Å². The molecule has 3 rings (SSSR count). The zero-order valence-corrected chi connectivity index (χ0v) is 18.4. The molecule has 0 aliphatic rings. The quantitative estimate of drug-likeness (QED) is 0.550. The van der Waals surface area contributed by atoms with Gasteiger partial charge in [-0.1, -0.05) is 36.4 Å². The molecule has 0 aliphatic carbocycles. The van der Waals surface area contributed by atoms with Crippen LogP contribution in [-0.4, -0.2) is 52.7 Å². The predicted molar refractivity (Wildman–Crippen MR) is 120 cm³/mol. The van der Waals surface area contributed by atoms with Gasteiger partial charge >= 0.3 is 5.97 Å². The van der Waals surface area contributed by atoms with E-state index in [4.69, 9.17) is 4.74 Å². The Hall–Kier alpha value is -3.94. The maximum atomic E-state index is 12.3. The summed E-state index contributed by atoms with van der Waals surface area (Å²) < 4.78 is 6.75. The van der Waals surface area contributed by atoms with Gasteiger partial charge in [-0.15, -0.1) is 0 Å². The second kappa shape index (κ2) is 10.4. The molecular weight excluding hydrogens is 408 g/mol. The van der Waals surface area contributed by atoms with Crippen molar-refractivity contribution in [3.8, 4) is 5.69 Å². The zero-order chi connectivity index (χ0) is 23.1. The van der Waals surface area contributed by atoms with Crippen LogP contribution in [0.2, 0.25) is 0 Å². The van der Waals surface area contributed by atoms with Crippen molar-refractivity contribution in [2.75, 3.05) is 25.5 Å². The summed E-state index contributed by atoms with van der Waals surface area (Å²) in [6, 6.07) is 15.2. The molecule has 0 saturated heterocycles. The topological polar surface area (TPSA) is 93.5 Å². The number of benzene rings is 2. The fraction of sp³-hybridized carbons (Fsp3) is 0.250. The maximum absolute atomic E-state index is 12.3. The van der Waals surface area contributed by atoms with Crippen LogP contribution in [0.1, 0.15) is 16.7 Å². The van der Waals surface area contributed by atoms with Crippen molar-refractivity contribution in [3.05, 3.63) is 77.6 Å². The highest BCUT2D eigenvalue weighted by Crippen LogP contribution is 2.19. The average Bonchev–Trinajstić information content (AvgIpc) is 3.23. The molecule has 0 atom stereocenters. The summed E-state index contributed by atoms with van der Waals surface area (Å²) in [7, 11) is 1.49. The Morgan fingerprint density at radius 2 is 1.72 bits per heavy atom. The molecule has 1 aromatic heterocycles. The van der Waals surface area contributed by atoms with Crippen molar-refractivity contribution >= 4 is 23.5 Å². The van der Waals surface area contributed by atoms with Crippen molar-refractivity contribution in [2.24, 2.45) is 0 Å². The van der Waals surface area contributed by atoms with Gasteiger partial charge in [0.25, 0.3) is 5.91 Å². The van der Waals surface area contributed by atoms with Crippen LogP contribution < -0.4 is 5.32 Å². The number of carbonyl (C=O) groups is 3. The van der Waals surface area contributed by atoms with E-state index in [1.807, 2.05) is 62.4 Å². The third-order valence-electron chi connectivity index (χ3n) is 4.91. The molecule has 0 saturated carbocycles. The van der Waals surface area contributed by atoms with Crippen LogP contribution in [0.25, 0.3) is 5.69 Å². The molecule has 8 nitrogen and oxygen atoms in total. The van der Waals surface area contributed by atoms with Gasteiger partial charge in [-0.3, -0.25) is 14.4 Å². The summed E-state index contributed by atoms with van der Waals surface area (Å²) in [6.07, 6.45) is 3.32. The Balaban J connectivity index is 1.45. The van der Waals surface area contributed by atoms with Gasteiger partial charge in [0.2, 0.25) is 5.91 Å². The first-order valence-electron chi connectivity index (χ1n) is 10.2. The Morgan fingerprint density at radius 1 is 1.03 bits per heavy atom. The monoisotopic (exact) mass is 434 g/mol. The highest BCUT2D eigenvalue weighted by atomic mass is 16.5. The summed E-state index contributed by atoms with van der Waals surface area (Å²) in [5.41, 5.74) is 4.17. The summed E-state index contributed by atoms with van der Waals surface area (Å²) in [4.78, 5) is 37.9. The number of esters is 1. The van der Waals surface area contributed by atoms with Crippen LogP contribution in [0, 0.1) is 13.8 Å². The molecule has 0 spiro atoms. The van der Waals surface area contributed by atoms with E-state index in [0.29, 0.717) is 5.56 Å². The standard InChI is InChI=1S/C24H26N4O4/c1-17-8-7-9-18(2)24(17)26-21(29)15-27(3)22(30)16-32-23(31)12-19-13-25-28(14-19)20-10-5-4-6-11-20/h4-11,13-14H,12,15-16H2,1-3H3,(H,26,29). The Labute approximate surface area is 186 Å². The first kappa shape index (κ1) is 22.7. The van der Waals surface area contributed by atoms with Gasteiger partial charge < -0.3 is 15.0 Å². The third kappa shape index (κ3) is 6.04. The van der Waals surface area contributed by atoms with E-state index in [1.165, 1.54) is 11.9 Å². The summed E-state index contributed by atoms with van der Waals surface area (Å²) in [5.74, 6) is -1.33. The van der Waals surface area contributed by atoms with Crippen LogP contribution in [-0.2, 0) is 25.5 Å². The van der Waals surface area contributed by atoms with Gasteiger partial charge in [0, 0.05) is 24.5 Å². The number of rotatable bonds is 8. The van der Waals surface area contributed by atoms with Crippen molar-refractivity contribution in [2.45, 2.75) is 20.3 Å². The number of carbonyl (C=O) groups excluding carboxylic acids is 3. The highest BCUT2D eigenvalue weighted by Gasteiger charge is 2.17. The van der Waals surface area contributed by atoms with Crippen molar-refractivity contribution < 1.29 is 19.1 Å². The second-order valence-corrected chi connectivity index (χ2v) is 7.53. The number of nitrogens with one attached hydrogen (secondary N) is 1. The SMILES string of the molecule is Cc1cccc(C)c1NC(=O)CN(C)C(=O)COC(=O)Cc1cnn(-c2ccccc2)c1. The minimum atomic E-state index is -0.542. The molecule has 1 heterocycles. The Morgan fingerprint density at radius 3 is 2.41 bits per heavy atom. The van der Waals surface area contributed by atoms with Gasteiger partial charge in [0.1, 0.15) is 0 Å². The Bertz CT molecular complexity index is 1090. The number of nitrogens with zero attached hydrogens (tertiary/aromatic N) is 3. The molecule has 0 aliphatic heterocycles. The van der Waals surface area contributed by atoms with Crippen LogP contribution in [0.15, 0.2) is 60.9 Å². The van der Waals surface area contributed by atoms with E-state index in [2.05, 4.69) is 10.4 Å². The van der Waals surface area contributed by atoms with E-state index in [0.717, 1.165) is 22.5 Å². The van der Waals surface area contributed by atoms with E-state index in [9.17, 15) is 14.4 Å². The van der Waals surface area contributed by atoms with Crippen LogP contribution >= 0.6 is 0 Å². The fourth-order valence-electron chi connectivity index (χ4n) is 3.14. The van der Waals surface area contributed by atoms with Gasteiger partial charge in [0.05, 0.1) is 24.8 Å². The molecule has 0 unspecified atom stereocenters. The fourth-order valence-corrected chi connectivity index (χ4v) is 3.14. The van der Waals surface area contributed by atoms with E-state index >= 15 is 0 Å². The predicted octanol–water partition coefficient (Wildman–Crippen LogP) is 2.67. The number of aromatic nitrogens is 2. The smallest absolute Gasteiger partial charge is 0.310 e. The lowest BCUT2D eigenvalue weighted by molar-refractivity contribution is -0.151. The minimum Gasteiger partial charge on any atom is -0.455 e. The molecule has 1 N–H and O–H groups in total. The maximum Gasteiger partial charge on any atom is 0.310 e. The number of para-hydroxylation sites is 2. The molecular formula is C24H26N4O4. The third-order valence-corrected chi connectivity index (χ3v) is 4.91. The lowest BCUT2D eigenvalue weighted by Gasteiger charge is -2.18. The number of ether oxygens (including phenoxy) is 1. The van der Waals surface area contributed by atoms with E-state index in [-0.39, 0.29) is 18.9 Å². The lowest BCUT2D eigenvalue weighted by Crippen LogP contribution is -2.37. The molecule has 3 aromatic rings. The molecule has 2 aromatic carbocycles. The molecule has 2 amide bonds. The molecule has 32 heavy (non-hydrogen) atoms. The number of hydrogen-bond acceptors (Lipinski definition) is 5. The summed E-state index contributed by atoms with van der Waals surface area (Å²) in [5, 5.41) is 7.06. The van der Waals surface area contributed by atoms with Gasteiger partial charge in [-0.05, 0) is 37.1 Å². The second-order valence-electron chi connectivity index (χ2n) is 7.53. The first-order chi connectivity index (χ1) is 15.3. The van der Waals surface area contributed by atoms with Crippen molar-refractivity contribution in [3.63, 3.8) is 0 Å². The molecule has 166 valence electrons. The first-order valence-corrected chi connectivity index (χ1v) is 10.2. The normalized spacial score (nSPS) is 10.5. The van der Waals surface area contributed by atoms with E-state index < -0.39 is 18.5 Å². The van der Waals surface area contributed by atoms with Gasteiger partial charge in [-0.25, -0.2) is 4.68 Å². The number of amides is 2. The number of aryl methyl sites for hydroxylation is 2.